The third-order valence-electron chi connectivity index (χ3n) is 2.78. The third kappa shape index (κ3) is 4.47. The van der Waals surface area contributed by atoms with E-state index in [1.807, 2.05) is 55.5 Å². The Balaban J connectivity index is 1.97. The van der Waals surface area contributed by atoms with Gasteiger partial charge in [0.1, 0.15) is 0 Å². The highest BCUT2D eigenvalue weighted by Crippen LogP contribution is 2.18. The first-order valence-electron chi connectivity index (χ1n) is 6.13. The topological polar surface area (TPSA) is 24.1 Å². The molecular weight excluding hydrogens is 356 g/mol. The van der Waals surface area contributed by atoms with Gasteiger partial charge in [0.25, 0.3) is 0 Å². The van der Waals surface area contributed by atoms with E-state index in [0.29, 0.717) is 5.11 Å². The van der Waals surface area contributed by atoms with E-state index >= 15 is 0 Å². The van der Waals surface area contributed by atoms with Gasteiger partial charge in [-0.3, -0.25) is 0 Å². The second kappa shape index (κ2) is 7.07. The Morgan fingerprint density at radius 3 is 2.65 bits per heavy atom. The summed E-state index contributed by atoms with van der Waals surface area (Å²) in [6.07, 6.45) is 0. The second-order valence-electron chi connectivity index (χ2n) is 4.39. The first-order valence-corrected chi connectivity index (χ1v) is 7.71. The van der Waals surface area contributed by atoms with Crippen LogP contribution >= 0.6 is 39.7 Å². The molecular formula is C15H14BrClN2S. The number of benzene rings is 2. The van der Waals surface area contributed by atoms with Gasteiger partial charge in [0.15, 0.2) is 5.11 Å². The summed E-state index contributed by atoms with van der Waals surface area (Å²) in [7, 11) is 0. The molecule has 0 saturated heterocycles. The van der Waals surface area contributed by atoms with E-state index in [9.17, 15) is 0 Å². The summed E-state index contributed by atoms with van der Waals surface area (Å²) in [6, 6.07) is 15.7. The number of halogens is 2. The van der Waals surface area contributed by atoms with Crippen LogP contribution < -0.4 is 10.6 Å². The van der Waals surface area contributed by atoms with E-state index in [2.05, 4.69) is 26.6 Å². The summed E-state index contributed by atoms with van der Waals surface area (Å²) in [5.41, 5.74) is 2.03. The first kappa shape index (κ1) is 15.3. The molecule has 20 heavy (non-hydrogen) atoms. The first-order chi connectivity index (χ1) is 9.54. The van der Waals surface area contributed by atoms with Crippen LogP contribution in [-0.2, 0) is 0 Å². The van der Waals surface area contributed by atoms with Crippen LogP contribution in [0.5, 0.6) is 0 Å². The van der Waals surface area contributed by atoms with Crippen LogP contribution in [-0.4, -0.2) is 5.11 Å². The Hall–Kier alpha value is -1.10. The molecule has 1 atom stereocenters. The van der Waals surface area contributed by atoms with Crippen LogP contribution in [0, 0.1) is 0 Å². The van der Waals surface area contributed by atoms with Crippen LogP contribution in [0.2, 0.25) is 5.02 Å². The van der Waals surface area contributed by atoms with Crippen LogP contribution in [0.1, 0.15) is 18.5 Å². The van der Waals surface area contributed by atoms with Crippen molar-refractivity contribution in [2.24, 2.45) is 0 Å². The lowest BCUT2D eigenvalue weighted by molar-refractivity contribution is 0.723. The highest BCUT2D eigenvalue weighted by Gasteiger charge is 2.07. The van der Waals surface area contributed by atoms with Gasteiger partial charge in [-0.2, -0.15) is 0 Å². The average Bonchev–Trinajstić information content (AvgIpc) is 2.38. The molecule has 2 N–H and O–H groups in total. The predicted octanol–water partition coefficient (Wildman–Crippen LogP) is 5.15. The van der Waals surface area contributed by atoms with E-state index in [4.69, 9.17) is 23.8 Å². The quantitative estimate of drug-likeness (QED) is 0.732. The number of hydrogen-bond acceptors (Lipinski definition) is 1. The molecule has 2 nitrogen and oxygen atoms in total. The van der Waals surface area contributed by atoms with Crippen LogP contribution in [0.4, 0.5) is 5.69 Å². The molecule has 0 saturated carbocycles. The fourth-order valence-electron chi connectivity index (χ4n) is 1.79. The van der Waals surface area contributed by atoms with Gasteiger partial charge in [-0.1, -0.05) is 45.7 Å². The number of thiocarbonyl (C=S) groups is 1. The SMILES string of the molecule is C[C@@H](NC(=S)Nc1cccc(Br)c1)c1cccc(Cl)c1. The Morgan fingerprint density at radius 2 is 1.95 bits per heavy atom. The van der Waals surface area contributed by atoms with E-state index in [-0.39, 0.29) is 6.04 Å². The molecule has 2 aromatic carbocycles. The van der Waals surface area contributed by atoms with Crippen molar-refractivity contribution in [2.75, 3.05) is 5.32 Å². The zero-order valence-electron chi connectivity index (χ0n) is 10.9. The van der Waals surface area contributed by atoms with Gasteiger partial charge in [-0.15, -0.1) is 0 Å². The van der Waals surface area contributed by atoms with Crippen molar-refractivity contribution in [3.63, 3.8) is 0 Å². The molecule has 0 aromatic heterocycles. The summed E-state index contributed by atoms with van der Waals surface area (Å²) in [5.74, 6) is 0. The minimum atomic E-state index is 0.0841. The zero-order chi connectivity index (χ0) is 14.5. The lowest BCUT2D eigenvalue weighted by atomic mass is 10.1. The second-order valence-corrected chi connectivity index (χ2v) is 6.15. The fourth-order valence-corrected chi connectivity index (χ4v) is 2.68. The largest absolute Gasteiger partial charge is 0.356 e. The lowest BCUT2D eigenvalue weighted by Gasteiger charge is -2.17. The monoisotopic (exact) mass is 368 g/mol. The Kier molecular flexibility index (Phi) is 5.40. The van der Waals surface area contributed by atoms with Gasteiger partial charge < -0.3 is 10.6 Å². The number of anilines is 1. The molecule has 0 amide bonds. The molecule has 5 heteroatoms. The molecule has 0 aliphatic heterocycles. The molecule has 0 radical (unpaired) electrons. The standard InChI is InChI=1S/C15H14BrClN2S/c1-10(11-4-2-6-13(17)8-11)18-15(20)19-14-7-3-5-12(16)9-14/h2-10H,1H3,(H2,18,19,20)/t10-/m1/s1. The van der Waals surface area contributed by atoms with Gasteiger partial charge >= 0.3 is 0 Å². The van der Waals surface area contributed by atoms with Gasteiger partial charge in [0, 0.05) is 15.2 Å². The van der Waals surface area contributed by atoms with Crippen molar-refractivity contribution in [2.45, 2.75) is 13.0 Å². The van der Waals surface area contributed by atoms with Crippen molar-refractivity contribution in [3.05, 3.63) is 63.6 Å². The van der Waals surface area contributed by atoms with Gasteiger partial charge in [0.05, 0.1) is 6.04 Å². The van der Waals surface area contributed by atoms with E-state index in [1.165, 1.54) is 0 Å². The van der Waals surface area contributed by atoms with Gasteiger partial charge in [-0.05, 0) is 55.0 Å². The molecule has 0 aliphatic carbocycles. The molecule has 0 fully saturated rings. The molecule has 0 bridgehead atoms. The Bertz CT molecular complexity index is 618. The molecule has 104 valence electrons. The molecule has 0 spiro atoms. The molecule has 0 aliphatic rings. The van der Waals surface area contributed by atoms with Crippen LogP contribution in [0.3, 0.4) is 0 Å². The highest BCUT2D eigenvalue weighted by molar-refractivity contribution is 9.10. The number of rotatable bonds is 3. The minimum Gasteiger partial charge on any atom is -0.356 e. The van der Waals surface area contributed by atoms with Crippen molar-refractivity contribution >= 4 is 50.5 Å². The predicted molar refractivity (Wildman–Crippen MR) is 93.4 cm³/mol. The van der Waals surface area contributed by atoms with Crippen LogP contribution in [0.25, 0.3) is 0 Å². The van der Waals surface area contributed by atoms with E-state index in [1.54, 1.807) is 0 Å². The summed E-state index contributed by atoms with van der Waals surface area (Å²) in [5, 5.41) is 7.70. The maximum absolute atomic E-state index is 5.99. The highest BCUT2D eigenvalue weighted by atomic mass is 79.9. The van der Waals surface area contributed by atoms with Crippen molar-refractivity contribution in [3.8, 4) is 0 Å². The summed E-state index contributed by atoms with van der Waals surface area (Å²) in [6.45, 7) is 2.04. The van der Waals surface area contributed by atoms with Crippen LogP contribution in [0.15, 0.2) is 53.0 Å². The van der Waals surface area contributed by atoms with Gasteiger partial charge in [-0.25, -0.2) is 0 Å². The van der Waals surface area contributed by atoms with Crippen molar-refractivity contribution < 1.29 is 0 Å². The molecule has 0 unspecified atom stereocenters. The average molecular weight is 370 g/mol. The normalized spacial score (nSPS) is 11.8. The van der Waals surface area contributed by atoms with Crippen molar-refractivity contribution in [1.82, 2.24) is 5.32 Å². The molecule has 2 rings (SSSR count). The molecule has 2 aromatic rings. The Morgan fingerprint density at radius 1 is 1.20 bits per heavy atom. The Labute approximate surface area is 137 Å². The summed E-state index contributed by atoms with van der Waals surface area (Å²) in [4.78, 5) is 0. The van der Waals surface area contributed by atoms with E-state index in [0.717, 1.165) is 20.7 Å². The maximum atomic E-state index is 5.99. The molecule has 0 heterocycles. The van der Waals surface area contributed by atoms with Gasteiger partial charge in [0.2, 0.25) is 0 Å². The van der Waals surface area contributed by atoms with Crippen molar-refractivity contribution in [1.29, 1.82) is 0 Å². The lowest BCUT2D eigenvalue weighted by Crippen LogP contribution is -2.30. The summed E-state index contributed by atoms with van der Waals surface area (Å²) < 4.78 is 1.01. The minimum absolute atomic E-state index is 0.0841. The fraction of sp³-hybridized carbons (Fsp3) is 0.133. The number of hydrogen-bond donors (Lipinski definition) is 2. The number of nitrogens with one attached hydrogen (secondary N) is 2. The van der Waals surface area contributed by atoms with E-state index < -0.39 is 0 Å². The zero-order valence-corrected chi connectivity index (χ0v) is 14.0. The smallest absolute Gasteiger partial charge is 0.171 e. The third-order valence-corrected chi connectivity index (χ3v) is 3.73. The maximum Gasteiger partial charge on any atom is 0.171 e. The summed E-state index contributed by atoms with van der Waals surface area (Å²) >= 11 is 14.7.